The Morgan fingerprint density at radius 2 is 2.27 bits per heavy atom. The molecule has 0 aromatic heterocycles. The van der Waals surface area contributed by atoms with Crippen molar-refractivity contribution in [2.24, 2.45) is 0 Å². The third-order valence-electron chi connectivity index (χ3n) is 2.67. The molecule has 15 heavy (non-hydrogen) atoms. The molecule has 0 saturated carbocycles. The lowest BCUT2D eigenvalue weighted by atomic mass is 10.2. The molecule has 1 saturated heterocycles. The van der Waals surface area contributed by atoms with Crippen LogP contribution in [0, 0.1) is 0 Å². The van der Waals surface area contributed by atoms with Crippen LogP contribution in [0.5, 0.6) is 0 Å². The van der Waals surface area contributed by atoms with E-state index in [1.165, 1.54) is 0 Å². The normalized spacial score (nSPS) is 28.6. The molecule has 4 nitrogen and oxygen atoms in total. The van der Waals surface area contributed by atoms with Crippen molar-refractivity contribution in [2.45, 2.75) is 39.0 Å². The van der Waals surface area contributed by atoms with E-state index < -0.39 is 0 Å². The summed E-state index contributed by atoms with van der Waals surface area (Å²) in [5, 5.41) is 9.03. The molecule has 0 aromatic carbocycles. The van der Waals surface area contributed by atoms with Crippen LogP contribution in [0.15, 0.2) is 0 Å². The van der Waals surface area contributed by atoms with E-state index in [1.807, 2.05) is 13.8 Å². The highest BCUT2D eigenvalue weighted by atomic mass is 16.5. The lowest BCUT2D eigenvalue weighted by molar-refractivity contribution is -0.0847. The first-order chi connectivity index (χ1) is 7.13. The van der Waals surface area contributed by atoms with E-state index >= 15 is 0 Å². The van der Waals surface area contributed by atoms with Gasteiger partial charge in [-0.05, 0) is 20.8 Å². The van der Waals surface area contributed by atoms with E-state index in [-0.39, 0.29) is 18.8 Å². The Labute approximate surface area is 92.2 Å². The number of aliphatic hydroxyl groups is 1. The van der Waals surface area contributed by atoms with Gasteiger partial charge in [0.25, 0.3) is 0 Å². The maximum Gasteiger partial charge on any atom is 0.0933 e. The minimum atomic E-state index is -0.0275. The monoisotopic (exact) mass is 217 g/mol. The summed E-state index contributed by atoms with van der Waals surface area (Å²) >= 11 is 0. The van der Waals surface area contributed by atoms with Crippen molar-refractivity contribution in [1.29, 1.82) is 0 Å². The van der Waals surface area contributed by atoms with Gasteiger partial charge in [0, 0.05) is 19.1 Å². The van der Waals surface area contributed by atoms with Crippen molar-refractivity contribution in [3.05, 3.63) is 0 Å². The van der Waals surface area contributed by atoms with Gasteiger partial charge in [0.2, 0.25) is 0 Å². The largest absolute Gasteiger partial charge is 0.394 e. The van der Waals surface area contributed by atoms with Crippen LogP contribution in [0.4, 0.5) is 0 Å². The molecule has 90 valence electrons. The summed E-state index contributed by atoms with van der Waals surface area (Å²) in [6.07, 6.45) is 0.259. The summed E-state index contributed by atoms with van der Waals surface area (Å²) in [6.45, 7) is 9.50. The summed E-state index contributed by atoms with van der Waals surface area (Å²) in [7, 11) is 0. The summed E-state index contributed by atoms with van der Waals surface area (Å²) in [4.78, 5) is 2.31. The molecule has 0 bridgehead atoms. The molecular formula is C11H23NO3. The Bertz CT molecular complexity index is 175. The topological polar surface area (TPSA) is 41.9 Å². The van der Waals surface area contributed by atoms with E-state index in [4.69, 9.17) is 14.6 Å². The predicted octanol–water partition coefficient (Wildman–Crippen LogP) is 0.493. The standard InChI is InChI=1S/C11H23NO3/c1-9(2)14-5-4-12-6-11(7-13)15-8-10(12)3/h9-11,13H,4-8H2,1-3H3. The van der Waals surface area contributed by atoms with Crippen LogP contribution >= 0.6 is 0 Å². The minimum absolute atomic E-state index is 0.0275. The van der Waals surface area contributed by atoms with Crippen LogP contribution in [-0.2, 0) is 9.47 Å². The minimum Gasteiger partial charge on any atom is -0.394 e. The molecule has 1 N–H and O–H groups in total. The average molecular weight is 217 g/mol. The second kappa shape index (κ2) is 6.43. The summed E-state index contributed by atoms with van der Waals surface area (Å²) in [5.41, 5.74) is 0. The van der Waals surface area contributed by atoms with Gasteiger partial charge in [0.1, 0.15) is 0 Å². The molecule has 0 amide bonds. The lowest BCUT2D eigenvalue weighted by Gasteiger charge is -2.37. The zero-order valence-electron chi connectivity index (χ0n) is 9.98. The van der Waals surface area contributed by atoms with Crippen molar-refractivity contribution in [2.75, 3.05) is 32.9 Å². The maximum atomic E-state index is 9.03. The highest BCUT2D eigenvalue weighted by Crippen LogP contribution is 2.10. The third kappa shape index (κ3) is 4.47. The Hall–Kier alpha value is -0.160. The molecule has 1 aliphatic heterocycles. The Balaban J connectivity index is 2.25. The van der Waals surface area contributed by atoms with Crippen molar-refractivity contribution < 1.29 is 14.6 Å². The first-order valence-electron chi connectivity index (χ1n) is 5.71. The first kappa shape index (κ1) is 12.9. The third-order valence-corrected chi connectivity index (χ3v) is 2.67. The van der Waals surface area contributed by atoms with Crippen LogP contribution in [0.3, 0.4) is 0 Å². The van der Waals surface area contributed by atoms with Gasteiger partial charge < -0.3 is 14.6 Å². The fourth-order valence-electron chi connectivity index (χ4n) is 1.70. The van der Waals surface area contributed by atoms with E-state index in [0.29, 0.717) is 12.6 Å². The van der Waals surface area contributed by atoms with Gasteiger partial charge in [0.15, 0.2) is 0 Å². The van der Waals surface area contributed by atoms with E-state index in [2.05, 4.69) is 11.8 Å². The number of hydrogen-bond donors (Lipinski definition) is 1. The summed E-state index contributed by atoms with van der Waals surface area (Å²) in [6, 6.07) is 0.420. The van der Waals surface area contributed by atoms with Gasteiger partial charge in [-0.1, -0.05) is 0 Å². The number of nitrogens with zero attached hydrogens (tertiary/aromatic N) is 1. The maximum absolute atomic E-state index is 9.03. The van der Waals surface area contributed by atoms with E-state index in [9.17, 15) is 0 Å². The van der Waals surface area contributed by atoms with E-state index in [0.717, 1.165) is 19.7 Å². The number of ether oxygens (including phenoxy) is 2. The smallest absolute Gasteiger partial charge is 0.0933 e. The Morgan fingerprint density at radius 1 is 1.53 bits per heavy atom. The SMILES string of the molecule is CC(C)OCCN1CC(CO)OCC1C. The van der Waals surface area contributed by atoms with Gasteiger partial charge in [-0.2, -0.15) is 0 Å². The van der Waals surface area contributed by atoms with Crippen LogP contribution in [0.25, 0.3) is 0 Å². The van der Waals surface area contributed by atoms with Gasteiger partial charge in [-0.3, -0.25) is 4.90 Å². The Morgan fingerprint density at radius 3 is 2.87 bits per heavy atom. The number of aliphatic hydroxyl groups excluding tert-OH is 1. The molecular weight excluding hydrogens is 194 g/mol. The van der Waals surface area contributed by atoms with Crippen molar-refractivity contribution in [1.82, 2.24) is 4.90 Å². The molecule has 2 unspecified atom stereocenters. The van der Waals surface area contributed by atoms with Crippen molar-refractivity contribution in [3.8, 4) is 0 Å². The van der Waals surface area contributed by atoms with Gasteiger partial charge >= 0.3 is 0 Å². The molecule has 1 aliphatic rings. The van der Waals surface area contributed by atoms with Crippen molar-refractivity contribution >= 4 is 0 Å². The van der Waals surface area contributed by atoms with Crippen molar-refractivity contribution in [3.63, 3.8) is 0 Å². The number of hydrogen-bond acceptors (Lipinski definition) is 4. The molecule has 0 spiro atoms. The summed E-state index contributed by atoms with van der Waals surface area (Å²) in [5.74, 6) is 0. The number of morpholine rings is 1. The highest BCUT2D eigenvalue weighted by Gasteiger charge is 2.24. The molecule has 1 fully saturated rings. The molecule has 1 rings (SSSR count). The predicted molar refractivity (Wildman–Crippen MR) is 58.9 cm³/mol. The van der Waals surface area contributed by atoms with Crippen LogP contribution < -0.4 is 0 Å². The molecule has 4 heteroatoms. The first-order valence-corrected chi connectivity index (χ1v) is 5.71. The lowest BCUT2D eigenvalue weighted by Crippen LogP contribution is -2.50. The van der Waals surface area contributed by atoms with Crippen LogP contribution in [-0.4, -0.2) is 61.2 Å². The van der Waals surface area contributed by atoms with Gasteiger partial charge in [-0.15, -0.1) is 0 Å². The second-order valence-corrected chi connectivity index (χ2v) is 4.40. The molecule has 0 aromatic rings. The second-order valence-electron chi connectivity index (χ2n) is 4.40. The molecule has 0 aliphatic carbocycles. The van der Waals surface area contributed by atoms with E-state index in [1.54, 1.807) is 0 Å². The zero-order chi connectivity index (χ0) is 11.3. The number of rotatable bonds is 5. The quantitative estimate of drug-likeness (QED) is 0.728. The fraction of sp³-hybridized carbons (Fsp3) is 1.00. The Kier molecular flexibility index (Phi) is 5.53. The summed E-state index contributed by atoms with van der Waals surface area (Å²) < 4.78 is 11.0. The molecule has 2 atom stereocenters. The highest BCUT2D eigenvalue weighted by molar-refractivity contribution is 4.76. The van der Waals surface area contributed by atoms with Gasteiger partial charge in [0.05, 0.1) is 32.0 Å². The average Bonchev–Trinajstić information content (AvgIpc) is 2.20. The molecule has 1 heterocycles. The zero-order valence-corrected chi connectivity index (χ0v) is 9.98. The molecule has 0 radical (unpaired) electrons. The van der Waals surface area contributed by atoms with Gasteiger partial charge in [-0.25, -0.2) is 0 Å². The fourth-order valence-corrected chi connectivity index (χ4v) is 1.70. The van der Waals surface area contributed by atoms with Crippen LogP contribution in [0.2, 0.25) is 0 Å². The van der Waals surface area contributed by atoms with Crippen LogP contribution in [0.1, 0.15) is 20.8 Å².